The van der Waals surface area contributed by atoms with E-state index in [0.29, 0.717) is 46.5 Å². The largest absolute Gasteiger partial charge is 0.503 e. The van der Waals surface area contributed by atoms with Gasteiger partial charge in [0.2, 0.25) is 5.91 Å². The number of phenolic OH excluding ortho intramolecular Hbond substituents is 1. The Morgan fingerprint density at radius 3 is 3.00 bits per heavy atom. The highest BCUT2D eigenvalue weighted by molar-refractivity contribution is 9.10. The second kappa shape index (κ2) is 8.76. The summed E-state index contributed by atoms with van der Waals surface area (Å²) in [6, 6.07) is 9.54. The molecule has 0 aliphatic carbocycles. The number of allylic oxidation sites excluding steroid dienone is 1. The van der Waals surface area contributed by atoms with Crippen LogP contribution in [0.1, 0.15) is 30.6 Å². The number of furan rings is 1. The zero-order valence-electron chi connectivity index (χ0n) is 16.3. The zero-order valence-corrected chi connectivity index (χ0v) is 18.7. The lowest BCUT2D eigenvalue weighted by Crippen LogP contribution is -2.46. The van der Waals surface area contributed by atoms with Crippen molar-refractivity contribution in [1.82, 2.24) is 9.80 Å². The third-order valence-corrected chi connectivity index (χ3v) is 6.87. The first kappa shape index (κ1) is 20.8. The van der Waals surface area contributed by atoms with Crippen LogP contribution in [0, 0.1) is 11.3 Å². The molecular weight excluding hydrogens is 470 g/mol. The fraction of sp³-hybridized carbons (Fsp3) is 0.333. The van der Waals surface area contributed by atoms with Crippen LogP contribution in [0.25, 0.3) is 0 Å². The van der Waals surface area contributed by atoms with E-state index in [2.05, 4.69) is 26.9 Å². The molecule has 30 heavy (non-hydrogen) atoms. The number of amides is 1. The molecule has 0 radical (unpaired) electrons. The molecule has 2 aromatic rings. The third kappa shape index (κ3) is 3.95. The number of fused-ring (bicyclic) bond motifs is 1. The molecule has 1 aromatic carbocycles. The van der Waals surface area contributed by atoms with E-state index < -0.39 is 0 Å². The number of ether oxygens (including phenoxy) is 1. The Labute approximate surface area is 187 Å². The Morgan fingerprint density at radius 1 is 1.47 bits per heavy atom. The van der Waals surface area contributed by atoms with Gasteiger partial charge in [-0.2, -0.15) is 5.26 Å². The molecule has 156 valence electrons. The van der Waals surface area contributed by atoms with E-state index >= 15 is 0 Å². The minimum Gasteiger partial charge on any atom is -0.503 e. The number of rotatable bonds is 5. The molecule has 1 aromatic heterocycles. The number of carbonyl (C=O) groups is 1. The van der Waals surface area contributed by atoms with E-state index in [1.54, 1.807) is 23.3 Å². The first-order chi connectivity index (χ1) is 14.5. The molecule has 7 nitrogen and oxygen atoms in total. The molecule has 0 spiro atoms. The number of phenols is 1. The Balaban J connectivity index is 1.64. The number of halogens is 1. The number of hydrogen-bond acceptors (Lipinski definition) is 7. The number of thioether (sulfide) groups is 1. The van der Waals surface area contributed by atoms with E-state index in [1.165, 1.54) is 11.8 Å². The van der Waals surface area contributed by atoms with Gasteiger partial charge in [0.1, 0.15) is 5.76 Å². The van der Waals surface area contributed by atoms with Gasteiger partial charge in [0.25, 0.3) is 0 Å². The molecule has 2 aliphatic heterocycles. The van der Waals surface area contributed by atoms with Gasteiger partial charge in [-0.05, 0) is 52.7 Å². The number of benzene rings is 1. The van der Waals surface area contributed by atoms with Crippen LogP contribution >= 0.6 is 27.7 Å². The molecule has 2 aliphatic rings. The van der Waals surface area contributed by atoms with Crippen LogP contribution in [0.2, 0.25) is 0 Å². The molecule has 1 atom stereocenters. The Kier molecular flexibility index (Phi) is 6.09. The first-order valence-electron chi connectivity index (χ1n) is 9.49. The summed E-state index contributed by atoms with van der Waals surface area (Å²) in [5.74, 6) is 1.42. The number of aromatic hydroxyl groups is 1. The molecule has 1 fully saturated rings. The van der Waals surface area contributed by atoms with Crippen molar-refractivity contribution >= 4 is 33.6 Å². The molecule has 0 saturated carbocycles. The van der Waals surface area contributed by atoms with Gasteiger partial charge < -0.3 is 14.3 Å². The average molecular weight is 490 g/mol. The number of hydrogen-bond donors (Lipinski definition) is 1. The molecule has 1 N–H and O–H groups in total. The SMILES string of the molecule is CCOc1cc([C@H]2CC(=O)N3CN(Cc4ccco4)CSC3=C2C#N)cc(Br)c1O. The minimum absolute atomic E-state index is 0.0103. The van der Waals surface area contributed by atoms with Crippen molar-refractivity contribution in [1.29, 1.82) is 5.26 Å². The summed E-state index contributed by atoms with van der Waals surface area (Å²) in [6.45, 7) is 3.25. The predicted molar refractivity (Wildman–Crippen MR) is 115 cm³/mol. The maximum atomic E-state index is 13.0. The molecule has 3 heterocycles. The smallest absolute Gasteiger partial charge is 0.229 e. The van der Waals surface area contributed by atoms with Gasteiger partial charge in [0.05, 0.1) is 53.1 Å². The molecule has 9 heteroatoms. The lowest BCUT2D eigenvalue weighted by molar-refractivity contribution is -0.132. The number of nitriles is 1. The summed E-state index contributed by atoms with van der Waals surface area (Å²) in [4.78, 5) is 16.8. The van der Waals surface area contributed by atoms with Gasteiger partial charge in [-0.25, -0.2) is 0 Å². The summed E-state index contributed by atoms with van der Waals surface area (Å²) >= 11 is 4.84. The Morgan fingerprint density at radius 2 is 2.30 bits per heavy atom. The maximum absolute atomic E-state index is 13.0. The van der Waals surface area contributed by atoms with Crippen LogP contribution in [0.4, 0.5) is 0 Å². The van der Waals surface area contributed by atoms with Gasteiger partial charge in [0.15, 0.2) is 11.5 Å². The van der Waals surface area contributed by atoms with E-state index in [1.807, 2.05) is 19.1 Å². The van der Waals surface area contributed by atoms with Crippen molar-refractivity contribution in [3.05, 3.63) is 56.9 Å². The van der Waals surface area contributed by atoms with Crippen molar-refractivity contribution in [3.8, 4) is 17.6 Å². The first-order valence-corrected chi connectivity index (χ1v) is 11.3. The van der Waals surface area contributed by atoms with E-state index in [0.717, 1.165) is 11.3 Å². The molecule has 0 bridgehead atoms. The Hall–Kier alpha value is -2.41. The summed E-state index contributed by atoms with van der Waals surface area (Å²) < 4.78 is 11.4. The second-order valence-electron chi connectivity index (χ2n) is 7.01. The van der Waals surface area contributed by atoms with E-state index in [4.69, 9.17) is 9.15 Å². The summed E-state index contributed by atoms with van der Waals surface area (Å²) in [6.07, 6.45) is 1.82. The average Bonchev–Trinajstić information content (AvgIpc) is 3.24. The highest BCUT2D eigenvalue weighted by Gasteiger charge is 2.38. The Bertz CT molecular complexity index is 1030. The van der Waals surface area contributed by atoms with Crippen molar-refractivity contribution < 1.29 is 19.1 Å². The zero-order chi connectivity index (χ0) is 21.3. The normalized spacial score (nSPS) is 19.6. The summed E-state index contributed by atoms with van der Waals surface area (Å²) in [5.41, 5.74) is 1.33. The quantitative estimate of drug-likeness (QED) is 0.666. The van der Waals surface area contributed by atoms with Gasteiger partial charge >= 0.3 is 0 Å². The van der Waals surface area contributed by atoms with E-state index in [-0.39, 0.29) is 24.0 Å². The summed E-state index contributed by atoms with van der Waals surface area (Å²) in [7, 11) is 0. The predicted octanol–water partition coefficient (Wildman–Crippen LogP) is 4.36. The van der Waals surface area contributed by atoms with Crippen LogP contribution < -0.4 is 4.74 Å². The fourth-order valence-corrected chi connectivity index (χ4v) is 5.27. The van der Waals surface area contributed by atoms with Crippen LogP contribution in [0.3, 0.4) is 0 Å². The van der Waals surface area contributed by atoms with Crippen molar-refractivity contribution in [2.45, 2.75) is 25.8 Å². The monoisotopic (exact) mass is 489 g/mol. The van der Waals surface area contributed by atoms with Gasteiger partial charge in [-0.3, -0.25) is 14.6 Å². The molecule has 4 rings (SSSR count). The third-order valence-electron chi connectivity index (χ3n) is 5.06. The van der Waals surface area contributed by atoms with Gasteiger partial charge in [-0.15, -0.1) is 0 Å². The van der Waals surface area contributed by atoms with Crippen molar-refractivity contribution in [2.24, 2.45) is 0 Å². The van der Waals surface area contributed by atoms with Crippen molar-refractivity contribution in [2.75, 3.05) is 19.2 Å². The molecule has 1 amide bonds. The van der Waals surface area contributed by atoms with E-state index in [9.17, 15) is 15.2 Å². The number of nitrogens with zero attached hydrogens (tertiary/aromatic N) is 3. The van der Waals surface area contributed by atoms with Gasteiger partial charge in [0, 0.05) is 12.3 Å². The van der Waals surface area contributed by atoms with Crippen molar-refractivity contribution in [3.63, 3.8) is 0 Å². The topological polar surface area (TPSA) is 89.9 Å². The lowest BCUT2D eigenvalue weighted by atomic mass is 9.86. The number of carbonyl (C=O) groups excluding carboxylic acids is 1. The highest BCUT2D eigenvalue weighted by atomic mass is 79.9. The van der Waals surface area contributed by atoms with Crippen LogP contribution in [0.15, 0.2) is 50.0 Å². The van der Waals surface area contributed by atoms with Crippen LogP contribution in [-0.2, 0) is 11.3 Å². The summed E-state index contributed by atoms with van der Waals surface area (Å²) in [5, 5.41) is 20.9. The minimum atomic E-state index is -0.381. The maximum Gasteiger partial charge on any atom is 0.229 e. The second-order valence-corrected chi connectivity index (χ2v) is 8.80. The fourth-order valence-electron chi connectivity index (χ4n) is 3.68. The lowest BCUT2D eigenvalue weighted by Gasteiger charge is -2.41. The van der Waals surface area contributed by atoms with Crippen LogP contribution in [-0.4, -0.2) is 40.0 Å². The molecule has 0 unspecified atom stereocenters. The standard InChI is InChI=1S/C21H20BrN3O4S/c1-2-28-18-7-13(6-17(22)20(18)27)15-8-19(26)25-11-24(10-14-4-3-5-29-14)12-30-21(25)16(15)9-23/h3-7,15,27H,2,8,10-12H2,1H3/t15-/m1/s1. The van der Waals surface area contributed by atoms with Crippen LogP contribution in [0.5, 0.6) is 11.5 Å². The molecular formula is C21H20BrN3O4S. The highest BCUT2D eigenvalue weighted by Crippen LogP contribution is 2.45. The molecule has 1 saturated heterocycles. The van der Waals surface area contributed by atoms with Gasteiger partial charge in [-0.1, -0.05) is 11.8 Å².